The zero-order valence-electron chi connectivity index (χ0n) is 16.3. The SMILES string of the molecule is COc1cccc(-c2cc(CNC(=O)c3cnc4cnn(C)c4c3)no2)c1.O=CO. The van der Waals surface area contributed by atoms with Crippen molar-refractivity contribution in [3.63, 3.8) is 0 Å². The van der Waals surface area contributed by atoms with E-state index in [4.69, 9.17) is 19.2 Å². The van der Waals surface area contributed by atoms with Crippen molar-refractivity contribution in [1.29, 1.82) is 0 Å². The maximum atomic E-state index is 12.4. The number of nitrogens with one attached hydrogen (secondary N) is 1. The van der Waals surface area contributed by atoms with Gasteiger partial charge in [-0.2, -0.15) is 5.10 Å². The molecular formula is C20H19N5O5. The molecule has 4 aromatic rings. The van der Waals surface area contributed by atoms with Crippen molar-refractivity contribution in [1.82, 2.24) is 25.2 Å². The number of fused-ring (bicyclic) bond motifs is 1. The quantitative estimate of drug-likeness (QED) is 0.480. The Morgan fingerprint density at radius 2 is 2.10 bits per heavy atom. The predicted molar refractivity (Wildman–Crippen MR) is 107 cm³/mol. The number of nitrogens with zero attached hydrogens (tertiary/aromatic N) is 4. The number of carbonyl (C=O) groups is 2. The van der Waals surface area contributed by atoms with Crippen LogP contribution in [0, 0.1) is 0 Å². The molecule has 10 heteroatoms. The highest BCUT2D eigenvalue weighted by molar-refractivity contribution is 5.96. The Morgan fingerprint density at radius 3 is 2.87 bits per heavy atom. The highest BCUT2D eigenvalue weighted by Gasteiger charge is 2.12. The summed E-state index contributed by atoms with van der Waals surface area (Å²) in [5, 5.41) is 17.8. The van der Waals surface area contributed by atoms with Crippen LogP contribution in [-0.2, 0) is 18.4 Å². The third-order valence-corrected chi connectivity index (χ3v) is 4.20. The molecule has 4 rings (SSSR count). The van der Waals surface area contributed by atoms with Gasteiger partial charge in [-0.3, -0.25) is 19.3 Å². The summed E-state index contributed by atoms with van der Waals surface area (Å²) in [5.74, 6) is 1.10. The minimum absolute atomic E-state index is 0.239. The number of methoxy groups -OCH3 is 1. The fourth-order valence-electron chi connectivity index (χ4n) is 2.73. The van der Waals surface area contributed by atoms with Crippen LogP contribution in [0.3, 0.4) is 0 Å². The second-order valence-electron chi connectivity index (χ2n) is 6.10. The Bertz CT molecular complexity index is 1170. The molecule has 0 aliphatic carbocycles. The van der Waals surface area contributed by atoms with Gasteiger partial charge in [0.25, 0.3) is 12.4 Å². The molecule has 0 aliphatic heterocycles. The Morgan fingerprint density at radius 1 is 1.30 bits per heavy atom. The summed E-state index contributed by atoms with van der Waals surface area (Å²) in [7, 11) is 3.42. The molecular weight excluding hydrogens is 390 g/mol. The smallest absolute Gasteiger partial charge is 0.290 e. The molecule has 0 radical (unpaired) electrons. The molecule has 10 nitrogen and oxygen atoms in total. The maximum absolute atomic E-state index is 12.4. The summed E-state index contributed by atoms with van der Waals surface area (Å²) in [6.45, 7) is -0.00424. The van der Waals surface area contributed by atoms with Gasteiger partial charge < -0.3 is 19.7 Å². The lowest BCUT2D eigenvalue weighted by atomic mass is 10.1. The third kappa shape index (κ3) is 4.61. The van der Waals surface area contributed by atoms with Crippen molar-refractivity contribution in [2.45, 2.75) is 6.54 Å². The van der Waals surface area contributed by atoms with E-state index in [1.54, 1.807) is 37.2 Å². The van der Waals surface area contributed by atoms with E-state index in [1.807, 2.05) is 24.3 Å². The zero-order chi connectivity index (χ0) is 21.5. The number of carbonyl (C=O) groups excluding carboxylic acids is 1. The molecule has 30 heavy (non-hydrogen) atoms. The molecule has 0 atom stereocenters. The zero-order valence-corrected chi connectivity index (χ0v) is 16.3. The Hall–Kier alpha value is -4.21. The van der Waals surface area contributed by atoms with Crippen LogP contribution in [-0.4, -0.2) is 44.5 Å². The van der Waals surface area contributed by atoms with Crippen LogP contribution in [0.15, 0.2) is 53.3 Å². The number of aromatic nitrogens is 4. The summed E-state index contributed by atoms with van der Waals surface area (Å²) in [6, 6.07) is 11.0. The molecule has 154 valence electrons. The Kier molecular flexibility index (Phi) is 6.38. The lowest BCUT2D eigenvalue weighted by molar-refractivity contribution is -0.122. The van der Waals surface area contributed by atoms with E-state index in [0.717, 1.165) is 22.3 Å². The number of aryl methyl sites for hydroxylation is 1. The van der Waals surface area contributed by atoms with E-state index < -0.39 is 0 Å². The van der Waals surface area contributed by atoms with Crippen LogP contribution in [0.5, 0.6) is 5.75 Å². The van der Waals surface area contributed by atoms with Crippen LogP contribution in [0.1, 0.15) is 16.1 Å². The highest BCUT2D eigenvalue weighted by atomic mass is 16.5. The molecule has 1 amide bonds. The van der Waals surface area contributed by atoms with Gasteiger partial charge in [0.05, 0.1) is 30.9 Å². The monoisotopic (exact) mass is 409 g/mol. The molecule has 0 spiro atoms. The number of rotatable bonds is 5. The first kappa shape index (κ1) is 20.5. The molecule has 0 saturated carbocycles. The molecule has 3 heterocycles. The number of ether oxygens (including phenoxy) is 1. The summed E-state index contributed by atoms with van der Waals surface area (Å²) >= 11 is 0. The topological polar surface area (TPSA) is 132 Å². The average Bonchev–Trinajstić information content (AvgIpc) is 3.39. The molecule has 2 N–H and O–H groups in total. The van der Waals surface area contributed by atoms with Gasteiger partial charge in [0.15, 0.2) is 5.76 Å². The first-order valence-electron chi connectivity index (χ1n) is 8.79. The standard InChI is InChI=1S/C19H17N5O3.CH2O2/c1-24-17-7-13(9-20-16(17)11-22-24)19(25)21-10-14-8-18(27-23-14)12-4-3-5-15(6-12)26-2;2-1-3/h3-9,11H,10H2,1-2H3,(H,21,25);1H,(H,2,3). The minimum Gasteiger partial charge on any atom is -0.497 e. The van der Waals surface area contributed by atoms with Crippen LogP contribution >= 0.6 is 0 Å². The Balaban J connectivity index is 0.000000806. The minimum atomic E-state index is -0.250. The first-order chi connectivity index (χ1) is 14.5. The van der Waals surface area contributed by atoms with Crippen LogP contribution in [0.2, 0.25) is 0 Å². The van der Waals surface area contributed by atoms with Gasteiger partial charge >= 0.3 is 0 Å². The van der Waals surface area contributed by atoms with Crippen molar-refractivity contribution in [3.05, 3.63) is 60.0 Å². The van der Waals surface area contributed by atoms with E-state index in [-0.39, 0.29) is 18.9 Å². The van der Waals surface area contributed by atoms with E-state index in [0.29, 0.717) is 17.0 Å². The van der Waals surface area contributed by atoms with Gasteiger partial charge in [-0.05, 0) is 18.2 Å². The highest BCUT2D eigenvalue weighted by Crippen LogP contribution is 2.24. The van der Waals surface area contributed by atoms with Gasteiger partial charge in [-0.1, -0.05) is 17.3 Å². The number of hydrogen-bond donors (Lipinski definition) is 2. The number of benzene rings is 1. The Labute approximate surface area is 171 Å². The fourth-order valence-corrected chi connectivity index (χ4v) is 2.73. The summed E-state index contributed by atoms with van der Waals surface area (Å²) < 4.78 is 12.3. The first-order valence-corrected chi connectivity index (χ1v) is 8.79. The van der Waals surface area contributed by atoms with Gasteiger partial charge in [0.1, 0.15) is 17.0 Å². The van der Waals surface area contributed by atoms with E-state index in [2.05, 4.69) is 20.6 Å². The molecule has 0 fully saturated rings. The van der Waals surface area contributed by atoms with Gasteiger partial charge in [0.2, 0.25) is 0 Å². The fraction of sp³-hybridized carbons (Fsp3) is 0.150. The number of carboxylic acid groups (broad SMARTS) is 1. The average molecular weight is 409 g/mol. The van der Waals surface area contributed by atoms with Gasteiger partial charge in [0, 0.05) is 24.9 Å². The summed E-state index contributed by atoms with van der Waals surface area (Å²) in [5.41, 5.74) is 3.47. The summed E-state index contributed by atoms with van der Waals surface area (Å²) in [4.78, 5) is 25.0. The lowest BCUT2D eigenvalue weighted by Crippen LogP contribution is -2.23. The van der Waals surface area contributed by atoms with E-state index in [1.165, 1.54) is 6.20 Å². The second kappa shape index (κ2) is 9.32. The van der Waals surface area contributed by atoms with Crippen molar-refractivity contribution >= 4 is 23.4 Å². The van der Waals surface area contributed by atoms with Crippen LogP contribution in [0.4, 0.5) is 0 Å². The van der Waals surface area contributed by atoms with Gasteiger partial charge in [-0.25, -0.2) is 0 Å². The van der Waals surface area contributed by atoms with E-state index >= 15 is 0 Å². The van der Waals surface area contributed by atoms with Crippen molar-refractivity contribution in [3.8, 4) is 17.1 Å². The van der Waals surface area contributed by atoms with Crippen molar-refractivity contribution < 1.29 is 24.0 Å². The normalized spacial score (nSPS) is 10.2. The number of amides is 1. The molecule has 0 saturated heterocycles. The maximum Gasteiger partial charge on any atom is 0.290 e. The van der Waals surface area contributed by atoms with E-state index in [9.17, 15) is 4.79 Å². The molecule has 0 aliphatic rings. The number of hydrogen-bond acceptors (Lipinski definition) is 7. The molecule has 1 aromatic carbocycles. The molecule has 0 bridgehead atoms. The van der Waals surface area contributed by atoms with Crippen LogP contribution < -0.4 is 10.1 Å². The third-order valence-electron chi connectivity index (χ3n) is 4.20. The van der Waals surface area contributed by atoms with Crippen molar-refractivity contribution in [2.75, 3.05) is 7.11 Å². The number of pyridine rings is 1. The van der Waals surface area contributed by atoms with Crippen molar-refractivity contribution in [2.24, 2.45) is 7.05 Å². The molecule has 0 unspecified atom stereocenters. The largest absolute Gasteiger partial charge is 0.497 e. The molecule has 3 aromatic heterocycles. The van der Waals surface area contributed by atoms with Crippen LogP contribution in [0.25, 0.3) is 22.4 Å². The second-order valence-corrected chi connectivity index (χ2v) is 6.10. The predicted octanol–water partition coefficient (Wildman–Crippen LogP) is 2.26. The van der Waals surface area contributed by atoms with Gasteiger partial charge in [-0.15, -0.1) is 0 Å². The summed E-state index contributed by atoms with van der Waals surface area (Å²) in [6.07, 6.45) is 3.19. The lowest BCUT2D eigenvalue weighted by Gasteiger charge is -2.03.